The molecule has 2 atom stereocenters. The molecular weight excluding hydrogens is 250 g/mol. The Hall–Kier alpha value is -1.01. The topological polar surface area (TPSA) is 67.2 Å². The van der Waals surface area contributed by atoms with E-state index >= 15 is 0 Å². The molecule has 0 aromatic carbocycles. The van der Waals surface area contributed by atoms with Crippen molar-refractivity contribution in [3.63, 3.8) is 0 Å². The van der Waals surface area contributed by atoms with Crippen molar-refractivity contribution in [1.29, 1.82) is 0 Å². The Labute approximate surface area is 112 Å². The summed E-state index contributed by atoms with van der Waals surface area (Å²) in [6.45, 7) is 6.34. The molecule has 2 N–H and O–H groups in total. The molecule has 102 valence electrons. The molecule has 0 bridgehead atoms. The second-order valence-electron chi connectivity index (χ2n) is 4.65. The molecule has 0 spiro atoms. The maximum atomic E-state index is 11.3. The van der Waals surface area contributed by atoms with Gasteiger partial charge in [-0.2, -0.15) is 5.10 Å². The van der Waals surface area contributed by atoms with Gasteiger partial charge in [-0.25, -0.2) is 0 Å². The van der Waals surface area contributed by atoms with E-state index in [0.29, 0.717) is 13.0 Å². The number of carboxylic acids is 1. The van der Waals surface area contributed by atoms with Gasteiger partial charge in [0.2, 0.25) is 0 Å². The van der Waals surface area contributed by atoms with Gasteiger partial charge in [0.15, 0.2) is 0 Å². The molecule has 0 saturated heterocycles. The Balaban J connectivity index is 2.61. The third-order valence-corrected chi connectivity index (χ3v) is 3.81. The summed E-state index contributed by atoms with van der Waals surface area (Å²) in [4.78, 5) is 12.4. The number of hydrogen-bond acceptors (Lipinski definition) is 4. The van der Waals surface area contributed by atoms with E-state index in [1.54, 1.807) is 29.6 Å². The number of likely N-dealkylation sites (N-methyl/N-ethyl adjacent to an activating group) is 1. The fourth-order valence-corrected chi connectivity index (χ4v) is 3.14. The summed E-state index contributed by atoms with van der Waals surface area (Å²) in [5.41, 5.74) is -0.872. The van der Waals surface area contributed by atoms with Crippen LogP contribution in [0, 0.1) is 0 Å². The molecule has 18 heavy (non-hydrogen) atoms. The van der Waals surface area contributed by atoms with Crippen molar-refractivity contribution in [2.45, 2.75) is 42.9 Å². The Morgan fingerprint density at radius 1 is 1.72 bits per heavy atom. The molecule has 0 saturated carbocycles. The van der Waals surface area contributed by atoms with Gasteiger partial charge in [-0.15, -0.1) is 11.8 Å². The molecule has 2 unspecified atom stereocenters. The van der Waals surface area contributed by atoms with E-state index in [9.17, 15) is 9.90 Å². The maximum Gasteiger partial charge on any atom is 0.323 e. The second kappa shape index (κ2) is 6.24. The quantitative estimate of drug-likeness (QED) is 0.739. The lowest BCUT2D eigenvalue weighted by Crippen LogP contribution is -2.50. The third kappa shape index (κ3) is 4.03. The first kappa shape index (κ1) is 15.0. The fraction of sp³-hybridized carbons (Fsp3) is 0.667. The zero-order chi connectivity index (χ0) is 13.8. The van der Waals surface area contributed by atoms with Crippen LogP contribution in [0.4, 0.5) is 0 Å². The van der Waals surface area contributed by atoms with Gasteiger partial charge in [-0.3, -0.25) is 9.48 Å². The normalized spacial score (nSPS) is 16.2. The highest BCUT2D eigenvalue weighted by Gasteiger charge is 2.33. The number of hydrogen-bond donors (Lipinski definition) is 2. The molecule has 1 aromatic rings. The van der Waals surface area contributed by atoms with Gasteiger partial charge in [0.05, 0.1) is 6.20 Å². The van der Waals surface area contributed by atoms with Gasteiger partial charge in [-0.05, 0) is 19.9 Å². The molecule has 0 aliphatic carbocycles. The SMILES string of the molecule is CCNC(C)(CC(C)Sc1cnn(C)c1)C(=O)O. The minimum absolute atomic E-state index is 0.203. The number of aliphatic carboxylic acids is 1. The first-order valence-corrected chi connectivity index (χ1v) is 6.89. The van der Waals surface area contributed by atoms with Crippen LogP contribution in [0.2, 0.25) is 0 Å². The summed E-state index contributed by atoms with van der Waals surface area (Å²) >= 11 is 1.65. The number of aryl methyl sites for hydroxylation is 1. The van der Waals surface area contributed by atoms with Crippen molar-refractivity contribution >= 4 is 17.7 Å². The number of nitrogens with zero attached hydrogens (tertiary/aromatic N) is 2. The molecule has 5 nitrogen and oxygen atoms in total. The largest absolute Gasteiger partial charge is 0.480 e. The summed E-state index contributed by atoms with van der Waals surface area (Å²) in [7, 11) is 1.87. The first-order valence-electron chi connectivity index (χ1n) is 6.01. The molecule has 0 amide bonds. The zero-order valence-corrected chi connectivity index (χ0v) is 12.1. The highest BCUT2D eigenvalue weighted by atomic mass is 32.2. The average Bonchev–Trinajstić information content (AvgIpc) is 2.63. The summed E-state index contributed by atoms with van der Waals surface area (Å²) < 4.78 is 1.75. The van der Waals surface area contributed by atoms with E-state index < -0.39 is 11.5 Å². The van der Waals surface area contributed by atoms with E-state index in [-0.39, 0.29) is 5.25 Å². The van der Waals surface area contributed by atoms with E-state index in [1.807, 2.05) is 27.1 Å². The number of rotatable bonds is 7. The number of carbonyl (C=O) groups is 1. The first-order chi connectivity index (χ1) is 8.37. The van der Waals surface area contributed by atoms with Crippen LogP contribution < -0.4 is 5.32 Å². The summed E-state index contributed by atoms with van der Waals surface area (Å²) in [5, 5.41) is 16.6. The van der Waals surface area contributed by atoms with Crippen molar-refractivity contribution in [2.24, 2.45) is 7.05 Å². The Kier molecular flexibility index (Phi) is 5.22. The van der Waals surface area contributed by atoms with Crippen LogP contribution in [0.15, 0.2) is 17.3 Å². The predicted octanol–water partition coefficient (Wildman–Crippen LogP) is 1.74. The van der Waals surface area contributed by atoms with Crippen LogP contribution in [-0.4, -0.2) is 38.2 Å². The monoisotopic (exact) mass is 271 g/mol. The summed E-state index contributed by atoms with van der Waals surface area (Å²) in [6, 6.07) is 0. The van der Waals surface area contributed by atoms with E-state index in [4.69, 9.17) is 0 Å². The Morgan fingerprint density at radius 2 is 2.39 bits per heavy atom. The smallest absolute Gasteiger partial charge is 0.323 e. The van der Waals surface area contributed by atoms with E-state index in [2.05, 4.69) is 10.4 Å². The van der Waals surface area contributed by atoms with Crippen LogP contribution in [0.3, 0.4) is 0 Å². The van der Waals surface area contributed by atoms with E-state index in [1.165, 1.54) is 0 Å². The van der Waals surface area contributed by atoms with Crippen LogP contribution in [0.5, 0.6) is 0 Å². The van der Waals surface area contributed by atoms with Crippen molar-refractivity contribution in [1.82, 2.24) is 15.1 Å². The third-order valence-electron chi connectivity index (χ3n) is 2.75. The number of carboxylic acid groups (broad SMARTS) is 1. The molecule has 0 radical (unpaired) electrons. The van der Waals surface area contributed by atoms with E-state index in [0.717, 1.165) is 4.90 Å². The van der Waals surface area contributed by atoms with Crippen LogP contribution in [-0.2, 0) is 11.8 Å². The molecule has 0 aliphatic rings. The number of thioether (sulfide) groups is 1. The molecule has 0 fully saturated rings. The van der Waals surface area contributed by atoms with Crippen LogP contribution in [0.1, 0.15) is 27.2 Å². The minimum atomic E-state index is -0.872. The summed E-state index contributed by atoms with van der Waals surface area (Å²) in [6.07, 6.45) is 4.30. The number of aromatic nitrogens is 2. The second-order valence-corrected chi connectivity index (χ2v) is 6.16. The van der Waals surface area contributed by atoms with Gasteiger partial charge in [0, 0.05) is 23.4 Å². The van der Waals surface area contributed by atoms with Gasteiger partial charge < -0.3 is 10.4 Å². The van der Waals surface area contributed by atoms with Crippen molar-refractivity contribution in [3.05, 3.63) is 12.4 Å². The highest BCUT2D eigenvalue weighted by molar-refractivity contribution is 7.99. The average molecular weight is 271 g/mol. The molecule has 1 heterocycles. The minimum Gasteiger partial charge on any atom is -0.480 e. The molecule has 1 aromatic heterocycles. The van der Waals surface area contributed by atoms with Crippen molar-refractivity contribution in [2.75, 3.05) is 6.54 Å². The van der Waals surface area contributed by atoms with Gasteiger partial charge in [0.1, 0.15) is 5.54 Å². The molecule has 1 rings (SSSR count). The van der Waals surface area contributed by atoms with Gasteiger partial charge >= 0.3 is 5.97 Å². The Bertz CT molecular complexity index is 408. The summed E-state index contributed by atoms with van der Waals surface area (Å²) in [5.74, 6) is -0.803. The maximum absolute atomic E-state index is 11.3. The number of nitrogens with one attached hydrogen (secondary N) is 1. The standard InChI is InChI=1S/C12H21N3O2S/c1-5-13-12(3,11(16)17)6-9(2)18-10-7-14-15(4)8-10/h7-9,13H,5-6H2,1-4H3,(H,16,17). The van der Waals surface area contributed by atoms with Crippen molar-refractivity contribution < 1.29 is 9.90 Å². The molecular formula is C12H21N3O2S. The van der Waals surface area contributed by atoms with Gasteiger partial charge in [-0.1, -0.05) is 13.8 Å². The Morgan fingerprint density at radius 3 is 2.83 bits per heavy atom. The fourth-order valence-electron chi connectivity index (χ4n) is 1.93. The lowest BCUT2D eigenvalue weighted by atomic mass is 9.96. The lowest BCUT2D eigenvalue weighted by molar-refractivity contribution is -0.144. The highest BCUT2D eigenvalue weighted by Crippen LogP contribution is 2.28. The van der Waals surface area contributed by atoms with Crippen molar-refractivity contribution in [3.8, 4) is 0 Å². The zero-order valence-electron chi connectivity index (χ0n) is 11.3. The lowest BCUT2D eigenvalue weighted by Gasteiger charge is -2.28. The van der Waals surface area contributed by atoms with Crippen LogP contribution >= 0.6 is 11.8 Å². The van der Waals surface area contributed by atoms with Gasteiger partial charge in [0.25, 0.3) is 0 Å². The van der Waals surface area contributed by atoms with Crippen LogP contribution in [0.25, 0.3) is 0 Å². The molecule has 0 aliphatic heterocycles. The predicted molar refractivity (Wildman–Crippen MR) is 72.9 cm³/mol. The molecule has 6 heteroatoms.